The SMILES string of the molecule is COCCN(Cc1ccc(F)cc1)CC(O)COc1ccc(Cl)cc1. The Bertz CT molecular complexity index is 622. The van der Waals surface area contributed by atoms with Crippen molar-refractivity contribution in [3.05, 3.63) is 64.9 Å². The second-order valence-corrected chi connectivity index (χ2v) is 6.21. The molecule has 0 fully saturated rings. The number of benzene rings is 2. The van der Waals surface area contributed by atoms with E-state index in [-0.39, 0.29) is 12.4 Å². The number of nitrogens with zero attached hydrogens (tertiary/aromatic N) is 1. The summed E-state index contributed by atoms with van der Waals surface area (Å²) in [5.41, 5.74) is 0.975. The van der Waals surface area contributed by atoms with Crippen LogP contribution in [0.5, 0.6) is 5.75 Å². The van der Waals surface area contributed by atoms with E-state index in [9.17, 15) is 9.50 Å². The van der Waals surface area contributed by atoms with Crippen LogP contribution < -0.4 is 4.74 Å². The van der Waals surface area contributed by atoms with Crippen molar-refractivity contribution in [2.75, 3.05) is 33.4 Å². The van der Waals surface area contributed by atoms with E-state index in [4.69, 9.17) is 21.1 Å². The van der Waals surface area contributed by atoms with Crippen LogP contribution >= 0.6 is 11.6 Å². The average Bonchev–Trinajstić information content (AvgIpc) is 2.61. The summed E-state index contributed by atoms with van der Waals surface area (Å²) in [7, 11) is 1.64. The number of aliphatic hydroxyl groups is 1. The molecular weight excluding hydrogens is 345 g/mol. The maximum Gasteiger partial charge on any atom is 0.123 e. The smallest absolute Gasteiger partial charge is 0.123 e. The molecular formula is C19H23ClFNO3. The Hall–Kier alpha value is -1.66. The molecule has 0 saturated heterocycles. The van der Waals surface area contributed by atoms with Crippen molar-refractivity contribution in [1.29, 1.82) is 0 Å². The fourth-order valence-electron chi connectivity index (χ4n) is 2.38. The van der Waals surface area contributed by atoms with Gasteiger partial charge in [0.2, 0.25) is 0 Å². The predicted molar refractivity (Wildman–Crippen MR) is 96.5 cm³/mol. The van der Waals surface area contributed by atoms with Gasteiger partial charge in [-0.05, 0) is 42.0 Å². The van der Waals surface area contributed by atoms with E-state index < -0.39 is 6.10 Å². The van der Waals surface area contributed by atoms with Crippen LogP contribution in [0.1, 0.15) is 5.56 Å². The molecule has 0 saturated carbocycles. The first kappa shape index (κ1) is 19.7. The van der Waals surface area contributed by atoms with E-state index in [1.165, 1.54) is 12.1 Å². The van der Waals surface area contributed by atoms with E-state index in [1.807, 2.05) is 4.90 Å². The second-order valence-electron chi connectivity index (χ2n) is 5.77. The van der Waals surface area contributed by atoms with Crippen LogP contribution in [-0.4, -0.2) is 49.5 Å². The summed E-state index contributed by atoms with van der Waals surface area (Å²) in [5, 5.41) is 10.9. The number of rotatable bonds is 10. The molecule has 25 heavy (non-hydrogen) atoms. The van der Waals surface area contributed by atoms with E-state index in [0.29, 0.717) is 37.0 Å². The zero-order chi connectivity index (χ0) is 18.1. The van der Waals surface area contributed by atoms with Gasteiger partial charge < -0.3 is 14.6 Å². The van der Waals surface area contributed by atoms with E-state index in [0.717, 1.165) is 5.56 Å². The lowest BCUT2D eigenvalue weighted by Crippen LogP contribution is -2.37. The van der Waals surface area contributed by atoms with Crippen LogP contribution in [0.2, 0.25) is 5.02 Å². The van der Waals surface area contributed by atoms with Crippen LogP contribution in [0.4, 0.5) is 4.39 Å². The highest BCUT2D eigenvalue weighted by atomic mass is 35.5. The van der Waals surface area contributed by atoms with Gasteiger partial charge in [0.15, 0.2) is 0 Å². The number of hydrogen-bond acceptors (Lipinski definition) is 4. The minimum Gasteiger partial charge on any atom is -0.491 e. The van der Waals surface area contributed by atoms with E-state index >= 15 is 0 Å². The van der Waals surface area contributed by atoms with Crippen molar-refractivity contribution in [2.24, 2.45) is 0 Å². The molecule has 2 rings (SSSR count). The Kier molecular flexibility index (Phi) is 8.15. The van der Waals surface area contributed by atoms with Crippen molar-refractivity contribution >= 4 is 11.6 Å². The fraction of sp³-hybridized carbons (Fsp3) is 0.368. The van der Waals surface area contributed by atoms with Crippen LogP contribution in [0.25, 0.3) is 0 Å². The van der Waals surface area contributed by atoms with Gasteiger partial charge in [0.25, 0.3) is 0 Å². The zero-order valence-electron chi connectivity index (χ0n) is 14.2. The summed E-state index contributed by atoms with van der Waals surface area (Å²) in [4.78, 5) is 2.05. The maximum absolute atomic E-state index is 13.0. The number of aliphatic hydroxyl groups excluding tert-OH is 1. The molecule has 6 heteroatoms. The van der Waals surface area contributed by atoms with Crippen molar-refractivity contribution in [2.45, 2.75) is 12.6 Å². The molecule has 0 aliphatic heterocycles. The van der Waals surface area contributed by atoms with Gasteiger partial charge in [0.05, 0.1) is 6.61 Å². The van der Waals surface area contributed by atoms with E-state index in [1.54, 1.807) is 43.5 Å². The molecule has 1 unspecified atom stereocenters. The number of methoxy groups -OCH3 is 1. The van der Waals surface area contributed by atoms with Crippen LogP contribution in [0.3, 0.4) is 0 Å². The number of ether oxygens (including phenoxy) is 2. The lowest BCUT2D eigenvalue weighted by Gasteiger charge is -2.25. The minimum atomic E-state index is -0.659. The Morgan fingerprint density at radius 3 is 2.44 bits per heavy atom. The third-order valence-electron chi connectivity index (χ3n) is 3.66. The molecule has 1 N–H and O–H groups in total. The van der Waals surface area contributed by atoms with Gasteiger partial charge in [-0.2, -0.15) is 0 Å². The normalized spacial score (nSPS) is 12.4. The predicted octanol–water partition coefficient (Wildman–Crippen LogP) is 3.37. The largest absolute Gasteiger partial charge is 0.491 e. The van der Waals surface area contributed by atoms with E-state index in [2.05, 4.69) is 0 Å². The highest BCUT2D eigenvalue weighted by Gasteiger charge is 2.13. The Labute approximate surface area is 152 Å². The van der Waals surface area contributed by atoms with Crippen LogP contribution in [-0.2, 0) is 11.3 Å². The topological polar surface area (TPSA) is 41.9 Å². The average molecular weight is 368 g/mol. The molecule has 0 spiro atoms. The van der Waals surface area contributed by atoms with Crippen LogP contribution in [0.15, 0.2) is 48.5 Å². The van der Waals surface area contributed by atoms with Gasteiger partial charge in [-0.1, -0.05) is 23.7 Å². The number of hydrogen-bond donors (Lipinski definition) is 1. The Morgan fingerprint density at radius 1 is 1.12 bits per heavy atom. The molecule has 136 valence electrons. The molecule has 0 amide bonds. The third-order valence-corrected chi connectivity index (χ3v) is 3.91. The Morgan fingerprint density at radius 2 is 1.80 bits per heavy atom. The van der Waals surface area contributed by atoms with Gasteiger partial charge in [0.1, 0.15) is 24.3 Å². The first-order valence-electron chi connectivity index (χ1n) is 8.09. The highest BCUT2D eigenvalue weighted by Crippen LogP contribution is 2.16. The van der Waals surface area contributed by atoms with Gasteiger partial charge in [-0.25, -0.2) is 4.39 Å². The van der Waals surface area contributed by atoms with Gasteiger partial charge in [0, 0.05) is 31.8 Å². The minimum absolute atomic E-state index is 0.175. The standard InChI is InChI=1S/C19H23ClFNO3/c1-24-11-10-22(12-15-2-6-17(21)7-3-15)13-18(23)14-25-19-8-4-16(20)5-9-19/h2-9,18,23H,10-14H2,1H3. The number of halogens is 2. The quantitative estimate of drug-likeness (QED) is 0.699. The molecule has 0 heterocycles. The van der Waals surface area contributed by atoms with Crippen molar-refractivity contribution in [3.8, 4) is 5.75 Å². The summed E-state index contributed by atoms with van der Waals surface area (Å²) in [5.74, 6) is 0.397. The zero-order valence-corrected chi connectivity index (χ0v) is 15.0. The van der Waals surface area contributed by atoms with Crippen LogP contribution in [0, 0.1) is 5.82 Å². The highest BCUT2D eigenvalue weighted by molar-refractivity contribution is 6.30. The second kappa shape index (κ2) is 10.4. The molecule has 2 aromatic rings. The molecule has 2 aromatic carbocycles. The fourth-order valence-corrected chi connectivity index (χ4v) is 2.50. The third kappa shape index (κ3) is 7.40. The summed E-state index contributed by atoms with van der Waals surface area (Å²) in [6.45, 7) is 2.41. The summed E-state index contributed by atoms with van der Waals surface area (Å²) in [6, 6.07) is 13.4. The molecule has 4 nitrogen and oxygen atoms in total. The van der Waals surface area contributed by atoms with Crippen molar-refractivity contribution in [1.82, 2.24) is 4.90 Å². The van der Waals surface area contributed by atoms with Crippen molar-refractivity contribution in [3.63, 3.8) is 0 Å². The van der Waals surface area contributed by atoms with Crippen molar-refractivity contribution < 1.29 is 19.0 Å². The maximum atomic E-state index is 13.0. The van der Waals surface area contributed by atoms with Gasteiger partial charge >= 0.3 is 0 Å². The summed E-state index contributed by atoms with van der Waals surface area (Å²) in [6.07, 6.45) is -0.659. The first-order chi connectivity index (χ1) is 12.1. The molecule has 0 aliphatic carbocycles. The molecule has 1 atom stereocenters. The summed E-state index contributed by atoms with van der Waals surface area (Å²) < 4.78 is 23.7. The molecule has 0 aliphatic rings. The van der Waals surface area contributed by atoms with Gasteiger partial charge in [-0.3, -0.25) is 4.90 Å². The lowest BCUT2D eigenvalue weighted by molar-refractivity contribution is 0.0542. The first-order valence-corrected chi connectivity index (χ1v) is 8.47. The Balaban J connectivity index is 1.86. The molecule has 0 aromatic heterocycles. The molecule has 0 bridgehead atoms. The summed E-state index contributed by atoms with van der Waals surface area (Å²) >= 11 is 5.83. The lowest BCUT2D eigenvalue weighted by atomic mass is 10.2. The monoisotopic (exact) mass is 367 g/mol. The molecule has 0 radical (unpaired) electrons. The van der Waals surface area contributed by atoms with Gasteiger partial charge in [-0.15, -0.1) is 0 Å².